The number of halogens is 1. The van der Waals surface area contributed by atoms with Crippen LogP contribution in [0.2, 0.25) is 0 Å². The molecule has 1 aromatic carbocycles. The van der Waals surface area contributed by atoms with Gasteiger partial charge in [-0.1, -0.05) is 6.07 Å². The molecule has 0 fully saturated rings. The molecular weight excluding hydrogens is 378 g/mol. The highest BCUT2D eigenvalue weighted by atomic mass is 79.9. The number of alkyl carbamates (subject to hydrolysis) is 1. The maximum Gasteiger partial charge on any atom is 0.407 e. The van der Waals surface area contributed by atoms with Gasteiger partial charge in [0.2, 0.25) is 0 Å². The smallest absolute Gasteiger partial charge is 0.407 e. The SMILES string of the molecule is CC(CNC(=O)OC(C)(C)C)N(C)Cc1ccc(Br)c([N+](=O)[O-])c1. The number of amides is 1. The Kier molecular flexibility index (Phi) is 7.16. The van der Waals surface area contributed by atoms with Gasteiger partial charge in [0.05, 0.1) is 9.40 Å². The third kappa shape index (κ3) is 6.84. The maximum atomic E-state index is 11.7. The van der Waals surface area contributed by atoms with Crippen LogP contribution in [0.15, 0.2) is 22.7 Å². The topological polar surface area (TPSA) is 84.7 Å². The first-order chi connectivity index (χ1) is 11.0. The van der Waals surface area contributed by atoms with Gasteiger partial charge in [-0.05, 0) is 62.3 Å². The van der Waals surface area contributed by atoms with Gasteiger partial charge in [-0.3, -0.25) is 15.0 Å². The summed E-state index contributed by atoms with van der Waals surface area (Å²) in [5, 5.41) is 13.7. The molecule has 0 aliphatic rings. The summed E-state index contributed by atoms with van der Waals surface area (Å²) >= 11 is 3.17. The van der Waals surface area contributed by atoms with Crippen LogP contribution in [-0.2, 0) is 11.3 Å². The number of likely N-dealkylation sites (N-methyl/N-ethyl adjacent to an activating group) is 1. The summed E-state index contributed by atoms with van der Waals surface area (Å²) in [5.74, 6) is 0. The van der Waals surface area contributed by atoms with Crippen molar-refractivity contribution in [2.45, 2.75) is 45.9 Å². The minimum absolute atomic E-state index is 0.0419. The zero-order chi connectivity index (χ0) is 18.5. The standard InChI is InChI=1S/C16H24BrN3O4/c1-11(9-18-15(21)24-16(2,3)4)19(5)10-12-6-7-13(17)14(8-12)20(22)23/h6-8,11H,9-10H2,1-5H3,(H,18,21). The van der Waals surface area contributed by atoms with Crippen molar-refractivity contribution < 1.29 is 14.5 Å². The van der Waals surface area contributed by atoms with Crippen LogP contribution in [0, 0.1) is 10.1 Å². The zero-order valence-corrected chi connectivity index (χ0v) is 16.2. The van der Waals surface area contributed by atoms with Gasteiger partial charge in [-0.2, -0.15) is 0 Å². The second kappa shape index (κ2) is 8.43. The highest BCUT2D eigenvalue weighted by Crippen LogP contribution is 2.26. The van der Waals surface area contributed by atoms with Gasteiger partial charge >= 0.3 is 6.09 Å². The summed E-state index contributed by atoms with van der Waals surface area (Å²) in [7, 11) is 1.90. The molecule has 134 valence electrons. The van der Waals surface area contributed by atoms with Crippen molar-refractivity contribution in [1.82, 2.24) is 10.2 Å². The van der Waals surface area contributed by atoms with Crippen molar-refractivity contribution in [3.63, 3.8) is 0 Å². The number of nitro groups is 1. The van der Waals surface area contributed by atoms with Crippen molar-refractivity contribution in [3.8, 4) is 0 Å². The minimum atomic E-state index is -0.532. The second-order valence-corrected chi connectivity index (χ2v) is 7.54. The summed E-state index contributed by atoms with van der Waals surface area (Å²) in [4.78, 5) is 24.2. The average molecular weight is 402 g/mol. The van der Waals surface area contributed by atoms with Gasteiger partial charge < -0.3 is 10.1 Å². The van der Waals surface area contributed by atoms with Gasteiger partial charge in [-0.25, -0.2) is 4.79 Å². The molecule has 0 aliphatic heterocycles. The van der Waals surface area contributed by atoms with Gasteiger partial charge in [0, 0.05) is 25.2 Å². The third-order valence-corrected chi connectivity index (χ3v) is 4.00. The van der Waals surface area contributed by atoms with Gasteiger partial charge in [0.15, 0.2) is 0 Å². The lowest BCUT2D eigenvalue weighted by atomic mass is 10.1. The molecule has 1 atom stereocenters. The first kappa shape index (κ1) is 20.4. The van der Waals surface area contributed by atoms with E-state index in [4.69, 9.17) is 4.74 Å². The predicted molar refractivity (Wildman–Crippen MR) is 96.0 cm³/mol. The van der Waals surface area contributed by atoms with Crippen LogP contribution in [0.5, 0.6) is 0 Å². The summed E-state index contributed by atoms with van der Waals surface area (Å²) in [5.41, 5.74) is 0.340. The molecule has 7 nitrogen and oxygen atoms in total. The highest BCUT2D eigenvalue weighted by Gasteiger charge is 2.18. The molecule has 0 aliphatic carbocycles. The lowest BCUT2D eigenvalue weighted by molar-refractivity contribution is -0.385. The Morgan fingerprint density at radius 3 is 2.62 bits per heavy atom. The quantitative estimate of drug-likeness (QED) is 0.579. The average Bonchev–Trinajstić information content (AvgIpc) is 2.44. The number of benzene rings is 1. The van der Waals surface area contributed by atoms with Crippen LogP contribution in [0.25, 0.3) is 0 Å². The molecule has 0 aromatic heterocycles. The van der Waals surface area contributed by atoms with E-state index in [9.17, 15) is 14.9 Å². The number of carbonyl (C=O) groups excluding carboxylic acids is 1. The van der Waals surface area contributed by atoms with Gasteiger partial charge in [0.1, 0.15) is 5.60 Å². The molecule has 1 rings (SSSR count). The Morgan fingerprint density at radius 2 is 2.08 bits per heavy atom. The van der Waals surface area contributed by atoms with Crippen molar-refractivity contribution in [3.05, 3.63) is 38.3 Å². The monoisotopic (exact) mass is 401 g/mol. The van der Waals surface area contributed by atoms with Gasteiger partial charge in [-0.15, -0.1) is 0 Å². The summed E-state index contributed by atoms with van der Waals surface area (Å²) < 4.78 is 5.65. The number of hydrogen-bond donors (Lipinski definition) is 1. The number of hydrogen-bond acceptors (Lipinski definition) is 5. The second-order valence-electron chi connectivity index (χ2n) is 6.69. The van der Waals surface area contributed by atoms with E-state index in [0.29, 0.717) is 17.6 Å². The number of nitrogens with zero attached hydrogens (tertiary/aromatic N) is 2. The fourth-order valence-electron chi connectivity index (χ4n) is 1.94. The lowest BCUT2D eigenvalue weighted by Gasteiger charge is -2.26. The molecule has 0 spiro atoms. The van der Waals surface area contributed by atoms with Crippen LogP contribution in [-0.4, -0.2) is 41.2 Å². The first-order valence-electron chi connectivity index (χ1n) is 7.59. The summed E-state index contributed by atoms with van der Waals surface area (Å²) in [6.45, 7) is 8.34. The first-order valence-corrected chi connectivity index (χ1v) is 8.39. The zero-order valence-electron chi connectivity index (χ0n) is 14.6. The van der Waals surface area contributed by atoms with E-state index < -0.39 is 16.6 Å². The normalized spacial score (nSPS) is 12.8. The number of ether oxygens (including phenoxy) is 1. The Balaban J connectivity index is 2.58. The van der Waals surface area contributed by atoms with Crippen LogP contribution in [0.3, 0.4) is 0 Å². The van der Waals surface area contributed by atoms with Gasteiger partial charge in [0.25, 0.3) is 5.69 Å². The lowest BCUT2D eigenvalue weighted by Crippen LogP contribution is -2.41. The molecule has 1 aromatic rings. The van der Waals surface area contributed by atoms with Crippen molar-refractivity contribution >= 4 is 27.7 Å². The van der Waals surface area contributed by atoms with Crippen LogP contribution in [0.4, 0.5) is 10.5 Å². The van der Waals surface area contributed by atoms with Crippen LogP contribution >= 0.6 is 15.9 Å². The van der Waals surface area contributed by atoms with E-state index in [0.717, 1.165) is 5.56 Å². The van der Waals surface area contributed by atoms with E-state index in [2.05, 4.69) is 21.2 Å². The van der Waals surface area contributed by atoms with E-state index in [1.165, 1.54) is 0 Å². The fraction of sp³-hybridized carbons (Fsp3) is 0.562. The van der Waals surface area contributed by atoms with E-state index in [1.807, 2.05) is 45.7 Å². The molecule has 1 amide bonds. The number of nitro benzene ring substituents is 1. The van der Waals surface area contributed by atoms with E-state index in [1.54, 1.807) is 12.1 Å². The molecule has 0 saturated heterocycles. The largest absolute Gasteiger partial charge is 0.444 e. The molecule has 24 heavy (non-hydrogen) atoms. The Hall–Kier alpha value is -1.67. The number of rotatable bonds is 6. The Bertz CT molecular complexity index is 601. The van der Waals surface area contributed by atoms with Crippen molar-refractivity contribution in [2.75, 3.05) is 13.6 Å². The molecular formula is C16H24BrN3O4. The van der Waals surface area contributed by atoms with Crippen LogP contribution < -0.4 is 5.32 Å². The minimum Gasteiger partial charge on any atom is -0.444 e. The van der Waals surface area contributed by atoms with E-state index >= 15 is 0 Å². The van der Waals surface area contributed by atoms with Crippen molar-refractivity contribution in [2.24, 2.45) is 0 Å². The van der Waals surface area contributed by atoms with E-state index in [-0.39, 0.29) is 11.7 Å². The summed E-state index contributed by atoms with van der Waals surface area (Å²) in [6, 6.07) is 5.10. The molecule has 0 radical (unpaired) electrons. The fourth-order valence-corrected chi connectivity index (χ4v) is 2.33. The molecule has 1 unspecified atom stereocenters. The molecule has 0 bridgehead atoms. The third-order valence-electron chi connectivity index (χ3n) is 3.33. The van der Waals surface area contributed by atoms with Crippen LogP contribution in [0.1, 0.15) is 33.3 Å². The maximum absolute atomic E-state index is 11.7. The Labute approximate surface area is 150 Å². The number of nitrogens with one attached hydrogen (secondary N) is 1. The predicted octanol–water partition coefficient (Wildman–Crippen LogP) is 3.70. The molecule has 1 N–H and O–H groups in total. The molecule has 0 saturated carbocycles. The van der Waals surface area contributed by atoms with Crippen molar-refractivity contribution in [1.29, 1.82) is 0 Å². The molecule has 8 heteroatoms. The Morgan fingerprint density at radius 1 is 1.46 bits per heavy atom. The molecule has 0 heterocycles. The highest BCUT2D eigenvalue weighted by molar-refractivity contribution is 9.10. The number of carbonyl (C=O) groups is 1. The summed E-state index contributed by atoms with van der Waals surface area (Å²) in [6.07, 6.45) is -0.456.